The van der Waals surface area contributed by atoms with E-state index >= 15 is 0 Å². The van der Waals surface area contributed by atoms with Gasteiger partial charge in [-0.15, -0.1) is 12.4 Å². The minimum absolute atomic E-state index is 0. The fourth-order valence-electron chi connectivity index (χ4n) is 2.78. The molecule has 2 aromatic carbocycles. The molecule has 1 atom stereocenters. The summed E-state index contributed by atoms with van der Waals surface area (Å²) in [5, 5.41) is 22.0. The van der Waals surface area contributed by atoms with Crippen LogP contribution in [0.1, 0.15) is 18.1 Å². The molecule has 0 aliphatic rings. The number of hydrogen-bond acceptors (Lipinski definition) is 6. The second kappa shape index (κ2) is 13.5. The number of nitriles is 1. The minimum Gasteiger partial charge on any atom is -0.493 e. The summed E-state index contributed by atoms with van der Waals surface area (Å²) in [5.41, 5.74) is 3.00. The highest BCUT2D eigenvalue weighted by molar-refractivity contribution is 5.85. The van der Waals surface area contributed by atoms with Gasteiger partial charge in [0.1, 0.15) is 18.5 Å². The Balaban J connectivity index is 0.00000450. The molecule has 0 aromatic heterocycles. The van der Waals surface area contributed by atoms with E-state index in [1.54, 1.807) is 14.2 Å². The molecule has 0 saturated carbocycles. The quantitative estimate of drug-likeness (QED) is 0.416. The molecule has 0 saturated heterocycles. The van der Waals surface area contributed by atoms with Crippen molar-refractivity contribution >= 4 is 18.0 Å². The van der Waals surface area contributed by atoms with E-state index in [4.69, 9.17) is 19.5 Å². The van der Waals surface area contributed by atoms with Gasteiger partial charge in [-0.2, -0.15) is 5.26 Å². The van der Waals surface area contributed by atoms with E-state index in [-0.39, 0.29) is 19.0 Å². The van der Waals surface area contributed by atoms with Crippen LogP contribution in [0, 0.1) is 11.3 Å². The maximum atomic E-state index is 10.1. The normalized spacial score (nSPS) is 11.8. The Labute approximate surface area is 184 Å². The Morgan fingerprint density at radius 2 is 1.83 bits per heavy atom. The van der Waals surface area contributed by atoms with Crippen LogP contribution in [-0.4, -0.2) is 45.1 Å². The summed E-state index contributed by atoms with van der Waals surface area (Å²) in [6.07, 6.45) is 1.71. The van der Waals surface area contributed by atoms with Crippen molar-refractivity contribution in [3.05, 3.63) is 59.7 Å². The molecule has 0 amide bonds. The molecule has 30 heavy (non-hydrogen) atoms. The number of nitrogens with zero attached hydrogens (tertiary/aromatic N) is 1. The molecule has 0 aliphatic carbocycles. The van der Waals surface area contributed by atoms with Crippen molar-refractivity contribution in [1.82, 2.24) is 5.32 Å². The maximum absolute atomic E-state index is 10.1. The van der Waals surface area contributed by atoms with Crippen LogP contribution in [0.25, 0.3) is 5.57 Å². The fourth-order valence-corrected chi connectivity index (χ4v) is 2.78. The molecule has 0 heterocycles. The summed E-state index contributed by atoms with van der Waals surface area (Å²) in [6.45, 7) is 3.26. The number of halogens is 1. The molecule has 162 valence electrons. The summed E-state index contributed by atoms with van der Waals surface area (Å²) >= 11 is 0. The first-order valence-electron chi connectivity index (χ1n) is 9.46. The van der Waals surface area contributed by atoms with Crippen molar-refractivity contribution in [2.75, 3.05) is 33.9 Å². The van der Waals surface area contributed by atoms with Crippen LogP contribution in [0.3, 0.4) is 0 Å². The van der Waals surface area contributed by atoms with E-state index in [1.807, 2.05) is 55.5 Å². The van der Waals surface area contributed by atoms with E-state index in [1.165, 1.54) is 6.08 Å². The number of allylic oxidation sites excluding steroid dienone is 2. The zero-order valence-electron chi connectivity index (χ0n) is 17.6. The number of nitrogens with one attached hydrogen (secondary N) is 1. The van der Waals surface area contributed by atoms with Gasteiger partial charge >= 0.3 is 0 Å². The van der Waals surface area contributed by atoms with Gasteiger partial charge in [0.15, 0.2) is 11.5 Å². The van der Waals surface area contributed by atoms with Crippen LogP contribution in [-0.2, 0) is 6.42 Å². The lowest BCUT2D eigenvalue weighted by atomic mass is 10.1. The van der Waals surface area contributed by atoms with Crippen LogP contribution in [0.5, 0.6) is 17.2 Å². The van der Waals surface area contributed by atoms with Crippen LogP contribution < -0.4 is 19.5 Å². The van der Waals surface area contributed by atoms with Crippen LogP contribution >= 0.6 is 12.4 Å². The summed E-state index contributed by atoms with van der Waals surface area (Å²) in [4.78, 5) is 0. The highest BCUT2D eigenvalue weighted by Gasteiger charge is 2.07. The smallest absolute Gasteiger partial charge is 0.160 e. The number of hydrogen-bond donors (Lipinski definition) is 2. The molecule has 0 bridgehead atoms. The van der Waals surface area contributed by atoms with Crippen molar-refractivity contribution in [3.8, 4) is 23.3 Å². The van der Waals surface area contributed by atoms with Crippen molar-refractivity contribution in [2.24, 2.45) is 0 Å². The molecule has 0 fully saturated rings. The molecular weight excluding hydrogens is 404 g/mol. The molecule has 1 unspecified atom stereocenters. The van der Waals surface area contributed by atoms with E-state index in [2.05, 4.69) is 5.32 Å². The third kappa shape index (κ3) is 7.96. The Morgan fingerprint density at radius 1 is 1.13 bits per heavy atom. The van der Waals surface area contributed by atoms with Crippen molar-refractivity contribution in [2.45, 2.75) is 19.4 Å². The molecular formula is C23H29ClN2O4. The summed E-state index contributed by atoms with van der Waals surface area (Å²) < 4.78 is 16.2. The highest BCUT2D eigenvalue weighted by Crippen LogP contribution is 2.27. The van der Waals surface area contributed by atoms with Crippen molar-refractivity contribution in [1.29, 1.82) is 5.26 Å². The Kier molecular flexibility index (Phi) is 11.4. The third-order valence-electron chi connectivity index (χ3n) is 4.45. The van der Waals surface area contributed by atoms with Gasteiger partial charge in [-0.05, 0) is 60.9 Å². The predicted octanol–water partition coefficient (Wildman–Crippen LogP) is 3.62. The fraction of sp³-hybridized carbons (Fsp3) is 0.348. The number of methoxy groups -OCH3 is 2. The Morgan fingerprint density at radius 3 is 2.47 bits per heavy atom. The van der Waals surface area contributed by atoms with Crippen LogP contribution in [0.4, 0.5) is 0 Å². The molecule has 2 rings (SSSR count). The average Bonchev–Trinajstić information content (AvgIpc) is 2.75. The first-order chi connectivity index (χ1) is 14.1. The molecule has 2 aromatic rings. The SMILES string of the molecule is COc1ccc(CCNCC(O)COc2ccc(/C(C)=C\C#N)cc2)cc1OC.Cl. The number of ether oxygens (including phenoxy) is 3. The minimum atomic E-state index is -0.611. The van der Waals surface area contributed by atoms with Gasteiger partial charge in [0.25, 0.3) is 0 Å². The molecule has 0 spiro atoms. The summed E-state index contributed by atoms with van der Waals surface area (Å²) in [5.74, 6) is 2.10. The third-order valence-corrected chi connectivity index (χ3v) is 4.45. The van der Waals surface area contributed by atoms with E-state index in [0.717, 1.165) is 29.7 Å². The number of benzene rings is 2. The molecule has 2 N–H and O–H groups in total. The Bertz CT molecular complexity index is 847. The van der Waals surface area contributed by atoms with Gasteiger partial charge in [0.05, 0.1) is 20.3 Å². The summed E-state index contributed by atoms with van der Waals surface area (Å²) in [7, 11) is 3.23. The monoisotopic (exact) mass is 432 g/mol. The van der Waals surface area contributed by atoms with Gasteiger partial charge in [-0.25, -0.2) is 0 Å². The van der Waals surface area contributed by atoms with Gasteiger partial charge in [-0.3, -0.25) is 0 Å². The van der Waals surface area contributed by atoms with Gasteiger partial charge in [0.2, 0.25) is 0 Å². The molecule has 0 aliphatic heterocycles. The standard InChI is InChI=1S/C23H28N2O4.ClH/c1-17(10-12-24)19-5-7-21(8-6-19)29-16-20(26)15-25-13-11-18-4-9-22(27-2)23(14-18)28-3;/h4-10,14,20,25-26H,11,13,15-16H2,1-3H3;1H/b17-10-;. The van der Waals surface area contributed by atoms with Crippen LogP contribution in [0.2, 0.25) is 0 Å². The first-order valence-corrected chi connectivity index (χ1v) is 9.46. The van der Waals surface area contributed by atoms with E-state index in [9.17, 15) is 5.11 Å². The maximum Gasteiger partial charge on any atom is 0.160 e. The number of aliphatic hydroxyl groups is 1. The molecule has 6 nitrogen and oxygen atoms in total. The average molecular weight is 433 g/mol. The van der Waals surface area contributed by atoms with Crippen molar-refractivity contribution in [3.63, 3.8) is 0 Å². The van der Waals surface area contributed by atoms with Crippen molar-refractivity contribution < 1.29 is 19.3 Å². The largest absolute Gasteiger partial charge is 0.493 e. The lowest BCUT2D eigenvalue weighted by molar-refractivity contribution is 0.106. The molecule has 0 radical (unpaired) electrons. The first kappa shape index (κ1) is 25.3. The summed E-state index contributed by atoms with van der Waals surface area (Å²) in [6, 6.07) is 15.3. The number of aliphatic hydroxyl groups excluding tert-OH is 1. The van der Waals surface area contributed by atoms with Gasteiger partial charge in [-0.1, -0.05) is 18.2 Å². The van der Waals surface area contributed by atoms with E-state index in [0.29, 0.717) is 23.8 Å². The zero-order chi connectivity index (χ0) is 21.1. The number of rotatable bonds is 11. The van der Waals surface area contributed by atoms with Gasteiger partial charge < -0.3 is 24.6 Å². The van der Waals surface area contributed by atoms with E-state index < -0.39 is 6.10 Å². The zero-order valence-corrected chi connectivity index (χ0v) is 18.4. The highest BCUT2D eigenvalue weighted by atomic mass is 35.5. The lowest BCUT2D eigenvalue weighted by Crippen LogP contribution is -2.32. The second-order valence-corrected chi connectivity index (χ2v) is 6.59. The Hall–Kier alpha value is -2.72. The molecule has 7 heteroatoms. The topological polar surface area (TPSA) is 83.7 Å². The van der Waals surface area contributed by atoms with Crippen LogP contribution in [0.15, 0.2) is 48.5 Å². The lowest BCUT2D eigenvalue weighted by Gasteiger charge is -2.14. The predicted molar refractivity (Wildman–Crippen MR) is 121 cm³/mol. The van der Waals surface area contributed by atoms with Gasteiger partial charge in [0, 0.05) is 12.6 Å². The second-order valence-electron chi connectivity index (χ2n) is 6.59.